The molecule has 1 saturated heterocycles. The summed E-state index contributed by atoms with van der Waals surface area (Å²) in [5, 5.41) is 38.8. The van der Waals surface area contributed by atoms with Gasteiger partial charge in [0.2, 0.25) is 6.29 Å². The first-order valence-corrected chi connectivity index (χ1v) is 6.62. The molecule has 1 aromatic carbocycles. The number of hydrogen-bond acceptors (Lipinski definition) is 6. The zero-order chi connectivity index (χ0) is 14.9. The summed E-state index contributed by atoms with van der Waals surface area (Å²) in [5.74, 6) is 0.195. The quantitative estimate of drug-likeness (QED) is 0.632. The normalized spacial score (nSPS) is 34.0. The Balaban J connectivity index is 2.15. The second kappa shape index (κ2) is 6.44. The van der Waals surface area contributed by atoms with Crippen LogP contribution in [-0.4, -0.2) is 57.7 Å². The Hall–Kier alpha value is -0.600. The van der Waals surface area contributed by atoms with Gasteiger partial charge in [0.1, 0.15) is 30.2 Å². The van der Waals surface area contributed by atoms with E-state index in [2.05, 4.69) is 0 Å². The minimum atomic E-state index is -1.50. The third kappa shape index (κ3) is 3.17. The van der Waals surface area contributed by atoms with Gasteiger partial charge in [-0.15, -0.1) is 0 Å². The van der Waals surface area contributed by atoms with Crippen molar-refractivity contribution in [3.05, 3.63) is 28.2 Å². The Bertz CT molecular complexity index is 469. The van der Waals surface area contributed by atoms with Crippen LogP contribution in [0.25, 0.3) is 0 Å². The second-order valence-corrected chi connectivity index (χ2v) is 5.23. The topological polar surface area (TPSA) is 99.4 Å². The summed E-state index contributed by atoms with van der Waals surface area (Å²) in [6.45, 7) is -0.529. The summed E-state index contributed by atoms with van der Waals surface area (Å²) in [6, 6.07) is 4.46. The van der Waals surface area contributed by atoms with Crippen LogP contribution in [0.15, 0.2) is 18.2 Å². The van der Waals surface area contributed by atoms with Crippen LogP contribution in [0.5, 0.6) is 5.75 Å². The second-order valence-electron chi connectivity index (χ2n) is 4.39. The molecule has 8 heteroatoms. The van der Waals surface area contributed by atoms with Crippen molar-refractivity contribution in [3.8, 4) is 5.75 Å². The van der Waals surface area contributed by atoms with Crippen molar-refractivity contribution in [2.75, 3.05) is 6.61 Å². The Morgan fingerprint density at radius 1 is 1.10 bits per heavy atom. The van der Waals surface area contributed by atoms with Gasteiger partial charge in [-0.05, 0) is 18.2 Å². The van der Waals surface area contributed by atoms with Crippen molar-refractivity contribution in [1.82, 2.24) is 0 Å². The molecule has 20 heavy (non-hydrogen) atoms. The fourth-order valence-corrected chi connectivity index (χ4v) is 2.31. The maximum absolute atomic E-state index is 9.82. The lowest BCUT2D eigenvalue weighted by molar-refractivity contribution is -0.277. The van der Waals surface area contributed by atoms with Crippen LogP contribution < -0.4 is 4.74 Å². The molecule has 1 aliphatic rings. The zero-order valence-corrected chi connectivity index (χ0v) is 11.7. The van der Waals surface area contributed by atoms with Crippen LogP contribution >= 0.6 is 23.2 Å². The van der Waals surface area contributed by atoms with Gasteiger partial charge in [0.15, 0.2) is 0 Å². The third-order valence-corrected chi connectivity index (χ3v) is 3.52. The highest BCUT2D eigenvalue weighted by Gasteiger charge is 2.44. The minimum absolute atomic E-state index is 0.195. The standard InChI is InChI=1S/C12H14Cl2O6/c13-5-1-2-7(6(14)3-5)19-12-11(18)10(17)9(16)8(4-15)20-12/h1-3,8-12,15-18H,4H2/t8-,9+,10+,11-,12+/m1/s1. The van der Waals surface area contributed by atoms with E-state index in [4.69, 9.17) is 37.8 Å². The summed E-state index contributed by atoms with van der Waals surface area (Å²) >= 11 is 11.7. The maximum Gasteiger partial charge on any atom is 0.229 e. The van der Waals surface area contributed by atoms with Crippen molar-refractivity contribution in [3.63, 3.8) is 0 Å². The van der Waals surface area contributed by atoms with Gasteiger partial charge in [-0.3, -0.25) is 0 Å². The van der Waals surface area contributed by atoms with E-state index in [1.165, 1.54) is 18.2 Å². The summed E-state index contributed by atoms with van der Waals surface area (Å²) in [7, 11) is 0. The maximum atomic E-state index is 9.82. The minimum Gasteiger partial charge on any atom is -0.460 e. The number of halogens is 2. The lowest BCUT2D eigenvalue weighted by Crippen LogP contribution is -2.60. The van der Waals surface area contributed by atoms with E-state index in [1.807, 2.05) is 0 Å². The largest absolute Gasteiger partial charge is 0.460 e. The SMILES string of the molecule is OC[C@H]1O[C@H](Oc2ccc(Cl)cc2Cl)[C@H](O)[C@@H](O)[C@H]1O. The van der Waals surface area contributed by atoms with E-state index in [0.717, 1.165) is 0 Å². The Labute approximate surface area is 125 Å². The fraction of sp³-hybridized carbons (Fsp3) is 0.500. The molecule has 0 saturated carbocycles. The van der Waals surface area contributed by atoms with Gasteiger partial charge in [0.25, 0.3) is 0 Å². The molecule has 6 nitrogen and oxygen atoms in total. The molecule has 0 amide bonds. The highest BCUT2D eigenvalue weighted by atomic mass is 35.5. The highest BCUT2D eigenvalue weighted by Crippen LogP contribution is 2.31. The first kappa shape index (κ1) is 15.8. The summed E-state index contributed by atoms with van der Waals surface area (Å²) in [5.41, 5.74) is 0. The van der Waals surface area contributed by atoms with E-state index in [1.54, 1.807) is 0 Å². The molecule has 1 aliphatic heterocycles. The Morgan fingerprint density at radius 3 is 2.40 bits per heavy atom. The summed E-state index contributed by atoms with van der Waals surface area (Å²) in [6.07, 6.45) is -6.74. The van der Waals surface area contributed by atoms with Crippen molar-refractivity contribution < 1.29 is 29.9 Å². The molecule has 5 atom stereocenters. The van der Waals surface area contributed by atoms with Crippen LogP contribution in [0.1, 0.15) is 0 Å². The molecule has 1 fully saturated rings. The van der Waals surface area contributed by atoms with Crippen molar-refractivity contribution in [2.24, 2.45) is 0 Å². The van der Waals surface area contributed by atoms with Crippen LogP contribution in [0.2, 0.25) is 10.0 Å². The molecule has 0 radical (unpaired) electrons. The Morgan fingerprint density at radius 2 is 1.80 bits per heavy atom. The van der Waals surface area contributed by atoms with Gasteiger partial charge in [0.05, 0.1) is 11.6 Å². The van der Waals surface area contributed by atoms with Gasteiger partial charge in [-0.1, -0.05) is 23.2 Å². The molecule has 0 spiro atoms. The monoisotopic (exact) mass is 324 g/mol. The van der Waals surface area contributed by atoms with Gasteiger partial charge in [-0.2, -0.15) is 0 Å². The predicted molar refractivity (Wildman–Crippen MR) is 70.9 cm³/mol. The van der Waals surface area contributed by atoms with Crippen LogP contribution in [0.3, 0.4) is 0 Å². The molecule has 1 heterocycles. The molecule has 2 rings (SSSR count). The van der Waals surface area contributed by atoms with Crippen molar-refractivity contribution in [1.29, 1.82) is 0 Å². The van der Waals surface area contributed by atoms with Gasteiger partial charge in [-0.25, -0.2) is 0 Å². The summed E-state index contributed by atoms with van der Waals surface area (Å²) < 4.78 is 10.6. The molecule has 0 bridgehead atoms. The molecule has 1 aromatic rings. The summed E-state index contributed by atoms with van der Waals surface area (Å²) in [4.78, 5) is 0. The fourth-order valence-electron chi connectivity index (χ4n) is 1.86. The average Bonchev–Trinajstić information content (AvgIpc) is 2.42. The van der Waals surface area contributed by atoms with E-state index < -0.39 is 37.3 Å². The first-order chi connectivity index (χ1) is 9.43. The number of benzene rings is 1. The van der Waals surface area contributed by atoms with Crippen LogP contribution in [0.4, 0.5) is 0 Å². The molecule has 4 N–H and O–H groups in total. The number of rotatable bonds is 3. The van der Waals surface area contributed by atoms with Gasteiger partial charge < -0.3 is 29.9 Å². The number of hydrogen-bond donors (Lipinski definition) is 4. The van der Waals surface area contributed by atoms with E-state index >= 15 is 0 Å². The van der Waals surface area contributed by atoms with Gasteiger partial charge in [0, 0.05) is 5.02 Å². The lowest BCUT2D eigenvalue weighted by Gasteiger charge is -2.39. The number of aliphatic hydroxyl groups is 4. The third-order valence-electron chi connectivity index (χ3n) is 2.99. The molecule has 0 aliphatic carbocycles. The molecular formula is C12H14Cl2O6. The smallest absolute Gasteiger partial charge is 0.229 e. The zero-order valence-electron chi connectivity index (χ0n) is 10.2. The predicted octanol–water partition coefficient (Wildman–Crippen LogP) is 0.172. The van der Waals surface area contributed by atoms with Crippen molar-refractivity contribution in [2.45, 2.75) is 30.7 Å². The van der Waals surface area contributed by atoms with Crippen LogP contribution in [-0.2, 0) is 4.74 Å². The van der Waals surface area contributed by atoms with E-state index in [-0.39, 0.29) is 10.8 Å². The molecular weight excluding hydrogens is 311 g/mol. The van der Waals surface area contributed by atoms with E-state index in [0.29, 0.717) is 5.02 Å². The highest BCUT2D eigenvalue weighted by molar-refractivity contribution is 6.35. The van der Waals surface area contributed by atoms with E-state index in [9.17, 15) is 15.3 Å². The number of aliphatic hydroxyl groups excluding tert-OH is 4. The first-order valence-electron chi connectivity index (χ1n) is 5.86. The Kier molecular flexibility index (Phi) is 5.09. The van der Waals surface area contributed by atoms with Gasteiger partial charge >= 0.3 is 0 Å². The van der Waals surface area contributed by atoms with Crippen LogP contribution in [0, 0.1) is 0 Å². The molecule has 112 valence electrons. The van der Waals surface area contributed by atoms with Crippen molar-refractivity contribution >= 4 is 23.2 Å². The average molecular weight is 325 g/mol. The molecule has 0 aromatic heterocycles. The molecule has 0 unspecified atom stereocenters. The number of ether oxygens (including phenoxy) is 2. The lowest BCUT2D eigenvalue weighted by atomic mass is 9.99.